The van der Waals surface area contributed by atoms with Crippen LogP contribution in [-0.4, -0.2) is 69.3 Å². The third kappa shape index (κ3) is 5.81. The zero-order valence-electron chi connectivity index (χ0n) is 17.8. The maximum atomic E-state index is 13.1. The number of methoxy groups -OCH3 is 1. The van der Waals surface area contributed by atoms with E-state index in [1.54, 1.807) is 18.2 Å². The standard InChI is InChI=1S/C21H25FN4O5S/c1-15(27)23-17-5-8-20(31-2)19(13-17)24-21(28)14-25-9-11-26(12-10-25)32(29,30)18-6-3-16(22)4-7-18/h3-8,13H,9-12,14H2,1-2H3,(H,23,27)(H,24,28). The summed E-state index contributed by atoms with van der Waals surface area (Å²) in [6, 6.07) is 9.62. The van der Waals surface area contributed by atoms with Gasteiger partial charge in [-0.15, -0.1) is 0 Å². The average molecular weight is 465 g/mol. The van der Waals surface area contributed by atoms with E-state index in [0.717, 1.165) is 12.1 Å². The summed E-state index contributed by atoms with van der Waals surface area (Å²) in [6.07, 6.45) is 0. The first-order valence-electron chi connectivity index (χ1n) is 9.92. The van der Waals surface area contributed by atoms with Crippen molar-refractivity contribution in [3.8, 4) is 5.75 Å². The molecule has 0 aliphatic carbocycles. The van der Waals surface area contributed by atoms with Crippen molar-refractivity contribution in [3.63, 3.8) is 0 Å². The molecule has 3 rings (SSSR count). The number of amides is 2. The van der Waals surface area contributed by atoms with Crippen LogP contribution in [0.3, 0.4) is 0 Å². The smallest absolute Gasteiger partial charge is 0.243 e. The summed E-state index contributed by atoms with van der Waals surface area (Å²) in [5.41, 5.74) is 0.939. The molecule has 0 radical (unpaired) electrons. The van der Waals surface area contributed by atoms with Gasteiger partial charge in [0.2, 0.25) is 21.8 Å². The van der Waals surface area contributed by atoms with Crippen LogP contribution in [0.5, 0.6) is 5.75 Å². The predicted molar refractivity (Wildman–Crippen MR) is 118 cm³/mol. The Kier molecular flexibility index (Phi) is 7.44. The summed E-state index contributed by atoms with van der Waals surface area (Å²) in [5, 5.41) is 5.42. The number of sulfonamides is 1. The third-order valence-corrected chi connectivity index (χ3v) is 6.86. The van der Waals surface area contributed by atoms with E-state index in [1.165, 1.54) is 30.5 Å². The zero-order chi connectivity index (χ0) is 23.3. The van der Waals surface area contributed by atoms with Gasteiger partial charge in [-0.3, -0.25) is 14.5 Å². The second-order valence-electron chi connectivity index (χ2n) is 7.28. The van der Waals surface area contributed by atoms with Gasteiger partial charge >= 0.3 is 0 Å². The molecule has 0 aromatic heterocycles. The Morgan fingerprint density at radius 1 is 1.03 bits per heavy atom. The van der Waals surface area contributed by atoms with Crippen molar-refractivity contribution in [1.29, 1.82) is 0 Å². The lowest BCUT2D eigenvalue weighted by Gasteiger charge is -2.33. The first-order valence-corrected chi connectivity index (χ1v) is 11.4. The lowest BCUT2D eigenvalue weighted by molar-refractivity contribution is -0.117. The normalized spacial score (nSPS) is 15.2. The van der Waals surface area contributed by atoms with Crippen LogP contribution in [0.25, 0.3) is 0 Å². The molecule has 0 unspecified atom stereocenters. The molecular formula is C21H25FN4O5S. The van der Waals surface area contributed by atoms with E-state index in [1.807, 2.05) is 4.90 Å². The molecule has 1 fully saturated rings. The minimum atomic E-state index is -3.71. The Labute approximate surface area is 186 Å². The van der Waals surface area contributed by atoms with Gasteiger partial charge in [-0.1, -0.05) is 0 Å². The first kappa shape index (κ1) is 23.6. The predicted octanol–water partition coefficient (Wildman–Crippen LogP) is 1.74. The summed E-state index contributed by atoms with van der Waals surface area (Å²) in [6.45, 7) is 2.63. The molecule has 0 bridgehead atoms. The number of anilines is 2. The molecule has 1 heterocycles. The quantitative estimate of drug-likeness (QED) is 0.646. The molecule has 0 atom stereocenters. The average Bonchev–Trinajstić information content (AvgIpc) is 2.74. The van der Waals surface area contributed by atoms with Crippen LogP contribution >= 0.6 is 0 Å². The highest BCUT2D eigenvalue weighted by Gasteiger charge is 2.29. The monoisotopic (exact) mass is 464 g/mol. The molecular weight excluding hydrogens is 439 g/mol. The number of rotatable bonds is 7. The van der Waals surface area contributed by atoms with Gasteiger partial charge in [0.25, 0.3) is 0 Å². The molecule has 1 aliphatic rings. The Hall–Kier alpha value is -3.02. The number of piperazine rings is 1. The van der Waals surface area contributed by atoms with Crippen molar-refractivity contribution < 1.29 is 27.1 Å². The second kappa shape index (κ2) is 10.1. The summed E-state index contributed by atoms with van der Waals surface area (Å²) >= 11 is 0. The van der Waals surface area contributed by atoms with Crippen LogP contribution in [-0.2, 0) is 19.6 Å². The van der Waals surface area contributed by atoms with Gasteiger partial charge in [0.15, 0.2) is 0 Å². The van der Waals surface area contributed by atoms with Crippen LogP contribution in [0.2, 0.25) is 0 Å². The molecule has 0 spiro atoms. The van der Waals surface area contributed by atoms with Gasteiger partial charge in [-0.2, -0.15) is 4.31 Å². The minimum Gasteiger partial charge on any atom is -0.495 e. The third-order valence-electron chi connectivity index (χ3n) is 4.94. The molecule has 2 aromatic rings. The number of halogens is 1. The van der Waals surface area contributed by atoms with Crippen LogP contribution in [0.4, 0.5) is 15.8 Å². The summed E-state index contributed by atoms with van der Waals surface area (Å²) in [5.74, 6) is -0.583. The van der Waals surface area contributed by atoms with Crippen LogP contribution < -0.4 is 15.4 Å². The van der Waals surface area contributed by atoms with Crippen molar-refractivity contribution in [2.75, 3.05) is 50.5 Å². The van der Waals surface area contributed by atoms with E-state index in [9.17, 15) is 22.4 Å². The van der Waals surface area contributed by atoms with Gasteiger partial charge in [0, 0.05) is 38.8 Å². The Balaban J connectivity index is 1.58. The fourth-order valence-electron chi connectivity index (χ4n) is 3.36. The number of carbonyl (C=O) groups is 2. The van der Waals surface area contributed by atoms with Gasteiger partial charge in [-0.25, -0.2) is 12.8 Å². The number of hydrogen-bond acceptors (Lipinski definition) is 6. The van der Waals surface area contributed by atoms with Gasteiger partial charge in [0.1, 0.15) is 11.6 Å². The molecule has 2 amide bonds. The molecule has 9 nitrogen and oxygen atoms in total. The number of nitrogens with zero attached hydrogens (tertiary/aromatic N) is 2. The zero-order valence-corrected chi connectivity index (χ0v) is 18.6. The highest BCUT2D eigenvalue weighted by Crippen LogP contribution is 2.28. The fraction of sp³-hybridized carbons (Fsp3) is 0.333. The Morgan fingerprint density at radius 3 is 2.28 bits per heavy atom. The van der Waals surface area contributed by atoms with Crippen molar-refractivity contribution in [1.82, 2.24) is 9.21 Å². The van der Waals surface area contributed by atoms with E-state index in [-0.39, 0.29) is 36.3 Å². The van der Waals surface area contributed by atoms with Crippen molar-refractivity contribution in [2.24, 2.45) is 0 Å². The molecule has 0 saturated carbocycles. The molecule has 1 aliphatic heterocycles. The van der Waals surface area contributed by atoms with E-state index >= 15 is 0 Å². The lowest BCUT2D eigenvalue weighted by atomic mass is 10.2. The van der Waals surface area contributed by atoms with E-state index in [0.29, 0.717) is 30.2 Å². The van der Waals surface area contributed by atoms with Crippen LogP contribution in [0, 0.1) is 5.82 Å². The molecule has 2 aromatic carbocycles. The van der Waals surface area contributed by atoms with Crippen LogP contribution in [0.1, 0.15) is 6.92 Å². The number of hydrogen-bond donors (Lipinski definition) is 2. The Bertz CT molecular complexity index is 1080. The highest BCUT2D eigenvalue weighted by atomic mass is 32.2. The van der Waals surface area contributed by atoms with Crippen molar-refractivity contribution in [2.45, 2.75) is 11.8 Å². The van der Waals surface area contributed by atoms with Crippen molar-refractivity contribution in [3.05, 3.63) is 48.3 Å². The topological polar surface area (TPSA) is 108 Å². The van der Waals surface area contributed by atoms with E-state index < -0.39 is 15.8 Å². The maximum absolute atomic E-state index is 13.1. The van der Waals surface area contributed by atoms with E-state index in [2.05, 4.69) is 10.6 Å². The summed E-state index contributed by atoms with van der Waals surface area (Å²) in [7, 11) is -2.24. The number of nitrogens with one attached hydrogen (secondary N) is 2. The summed E-state index contributed by atoms with van der Waals surface area (Å²) in [4.78, 5) is 25.7. The lowest BCUT2D eigenvalue weighted by Crippen LogP contribution is -2.50. The van der Waals surface area contributed by atoms with Crippen molar-refractivity contribution >= 4 is 33.2 Å². The first-order chi connectivity index (χ1) is 15.2. The van der Waals surface area contributed by atoms with Gasteiger partial charge in [0.05, 0.1) is 24.2 Å². The van der Waals surface area contributed by atoms with E-state index in [4.69, 9.17) is 4.74 Å². The number of ether oxygens (including phenoxy) is 1. The fourth-order valence-corrected chi connectivity index (χ4v) is 4.79. The van der Waals surface area contributed by atoms with Gasteiger partial charge < -0.3 is 15.4 Å². The van der Waals surface area contributed by atoms with Crippen LogP contribution in [0.15, 0.2) is 47.4 Å². The molecule has 172 valence electrons. The largest absolute Gasteiger partial charge is 0.495 e. The van der Waals surface area contributed by atoms with Gasteiger partial charge in [-0.05, 0) is 42.5 Å². The molecule has 1 saturated heterocycles. The molecule has 32 heavy (non-hydrogen) atoms. The SMILES string of the molecule is COc1ccc(NC(C)=O)cc1NC(=O)CN1CCN(S(=O)(=O)c2ccc(F)cc2)CC1. The second-order valence-corrected chi connectivity index (χ2v) is 9.22. The minimum absolute atomic E-state index is 0.0382. The number of carbonyl (C=O) groups excluding carboxylic acids is 2. The molecule has 11 heteroatoms. The maximum Gasteiger partial charge on any atom is 0.243 e. The summed E-state index contributed by atoms with van der Waals surface area (Å²) < 4.78 is 45.1. The molecule has 2 N–H and O–H groups in total. The Morgan fingerprint density at radius 2 is 1.69 bits per heavy atom. The number of benzene rings is 2. The highest BCUT2D eigenvalue weighted by molar-refractivity contribution is 7.89.